The predicted molar refractivity (Wildman–Crippen MR) is 117 cm³/mol. The third-order valence-electron chi connectivity index (χ3n) is 4.27. The maximum absolute atomic E-state index is 6.06. The minimum absolute atomic E-state index is 0. The number of rotatable bonds is 5. The normalized spacial score (nSPS) is 14.7. The van der Waals surface area contributed by atoms with E-state index in [1.807, 2.05) is 24.3 Å². The number of benzene rings is 2. The molecular formula is C20H26IN3O2. The van der Waals surface area contributed by atoms with E-state index in [9.17, 15) is 0 Å². The number of fused-ring (bicyclic) bond motifs is 1. The van der Waals surface area contributed by atoms with Crippen LogP contribution in [0.4, 0.5) is 5.69 Å². The molecule has 0 bridgehead atoms. The highest BCUT2D eigenvalue weighted by molar-refractivity contribution is 14.0. The number of nitrogens with two attached hydrogens (primary N) is 1. The highest BCUT2D eigenvalue weighted by Gasteiger charge is 2.11. The molecule has 0 aromatic heterocycles. The Kier molecular flexibility index (Phi) is 8.03. The Hall–Kier alpha value is -1.96. The molecule has 2 aromatic carbocycles. The monoisotopic (exact) mass is 467 g/mol. The quantitative estimate of drug-likeness (QED) is 0.389. The molecule has 3 N–H and O–H groups in total. The van der Waals surface area contributed by atoms with Gasteiger partial charge in [0, 0.05) is 30.6 Å². The Balaban J connectivity index is 0.00000243. The third kappa shape index (κ3) is 5.52. The average molecular weight is 467 g/mol. The van der Waals surface area contributed by atoms with E-state index in [2.05, 4.69) is 41.5 Å². The first-order valence-electron chi connectivity index (χ1n) is 8.78. The molecule has 6 heteroatoms. The zero-order valence-electron chi connectivity index (χ0n) is 15.0. The Bertz CT molecular complexity index is 722. The molecule has 1 heterocycles. The highest BCUT2D eigenvalue weighted by atomic mass is 127. The van der Waals surface area contributed by atoms with Gasteiger partial charge in [-0.2, -0.15) is 0 Å². The maximum Gasteiger partial charge on any atom is 0.193 e. The summed E-state index contributed by atoms with van der Waals surface area (Å²) in [4.78, 5) is 4.51. The molecule has 1 aliphatic heterocycles. The van der Waals surface area contributed by atoms with Crippen LogP contribution in [-0.2, 0) is 0 Å². The lowest BCUT2D eigenvalue weighted by Gasteiger charge is -2.14. The van der Waals surface area contributed by atoms with Crippen molar-refractivity contribution in [2.75, 3.05) is 25.1 Å². The van der Waals surface area contributed by atoms with Crippen LogP contribution in [0, 0.1) is 0 Å². The van der Waals surface area contributed by atoms with Crippen LogP contribution in [0.3, 0.4) is 0 Å². The standard InChI is InChI=1S/C20H25N3O2.HI/c1-2-15(16-7-4-3-5-8-16)14-22-20(21)23-17-9-10-18-19(13-17)25-12-6-11-24-18;/h3-5,7-10,13,15H,2,6,11-12,14H2,1H3,(H3,21,22,23);1H. The highest BCUT2D eigenvalue weighted by Crippen LogP contribution is 2.32. The van der Waals surface area contributed by atoms with Gasteiger partial charge in [0.05, 0.1) is 13.2 Å². The van der Waals surface area contributed by atoms with Crippen LogP contribution in [-0.4, -0.2) is 25.7 Å². The smallest absolute Gasteiger partial charge is 0.193 e. The van der Waals surface area contributed by atoms with Gasteiger partial charge in [0.1, 0.15) is 0 Å². The summed E-state index contributed by atoms with van der Waals surface area (Å²) < 4.78 is 11.3. The topological polar surface area (TPSA) is 68.9 Å². The predicted octanol–water partition coefficient (Wildman–Crippen LogP) is 4.39. The summed E-state index contributed by atoms with van der Waals surface area (Å²) in [7, 11) is 0. The minimum atomic E-state index is 0. The van der Waals surface area contributed by atoms with E-state index in [-0.39, 0.29) is 24.0 Å². The summed E-state index contributed by atoms with van der Waals surface area (Å²) in [5.41, 5.74) is 8.20. The van der Waals surface area contributed by atoms with E-state index < -0.39 is 0 Å². The maximum atomic E-state index is 6.06. The molecule has 1 atom stereocenters. The summed E-state index contributed by atoms with van der Waals surface area (Å²) in [6.07, 6.45) is 1.91. The van der Waals surface area contributed by atoms with Gasteiger partial charge in [0.2, 0.25) is 0 Å². The second-order valence-electron chi connectivity index (χ2n) is 6.08. The molecule has 0 saturated heterocycles. The largest absolute Gasteiger partial charge is 0.490 e. The van der Waals surface area contributed by atoms with Crippen molar-refractivity contribution in [3.63, 3.8) is 0 Å². The molecule has 5 nitrogen and oxygen atoms in total. The van der Waals surface area contributed by atoms with Crippen molar-refractivity contribution in [2.24, 2.45) is 10.7 Å². The van der Waals surface area contributed by atoms with Crippen molar-refractivity contribution < 1.29 is 9.47 Å². The zero-order chi connectivity index (χ0) is 17.5. The van der Waals surface area contributed by atoms with Gasteiger partial charge in [-0.05, 0) is 24.1 Å². The van der Waals surface area contributed by atoms with Gasteiger partial charge in [-0.1, -0.05) is 37.3 Å². The molecule has 0 radical (unpaired) electrons. The molecule has 0 aliphatic carbocycles. The lowest BCUT2D eigenvalue weighted by atomic mass is 9.97. The molecule has 0 saturated carbocycles. The molecular weight excluding hydrogens is 441 g/mol. The number of ether oxygens (including phenoxy) is 2. The SMILES string of the molecule is CCC(CN=C(N)Nc1ccc2c(c1)OCCCO2)c1ccccc1.I. The van der Waals surface area contributed by atoms with Crippen molar-refractivity contribution in [1.29, 1.82) is 0 Å². The Labute approximate surface area is 172 Å². The molecule has 140 valence electrons. The third-order valence-corrected chi connectivity index (χ3v) is 4.27. The molecule has 1 unspecified atom stereocenters. The molecule has 1 aliphatic rings. The zero-order valence-corrected chi connectivity index (χ0v) is 17.3. The number of guanidine groups is 1. The van der Waals surface area contributed by atoms with Gasteiger partial charge >= 0.3 is 0 Å². The fourth-order valence-electron chi connectivity index (χ4n) is 2.83. The van der Waals surface area contributed by atoms with Crippen LogP contribution in [0.25, 0.3) is 0 Å². The molecule has 0 fully saturated rings. The van der Waals surface area contributed by atoms with Crippen molar-refractivity contribution in [3.05, 3.63) is 54.1 Å². The number of nitrogens with zero attached hydrogens (tertiary/aromatic N) is 1. The first kappa shape index (κ1) is 20.4. The van der Waals surface area contributed by atoms with Gasteiger partial charge in [-0.3, -0.25) is 4.99 Å². The Morgan fingerprint density at radius 3 is 2.58 bits per heavy atom. The van der Waals surface area contributed by atoms with E-state index >= 15 is 0 Å². The number of halogens is 1. The van der Waals surface area contributed by atoms with Crippen LogP contribution in [0.2, 0.25) is 0 Å². The number of nitrogens with one attached hydrogen (secondary N) is 1. The van der Waals surface area contributed by atoms with Crippen molar-refractivity contribution in [2.45, 2.75) is 25.7 Å². The van der Waals surface area contributed by atoms with Crippen molar-refractivity contribution in [3.8, 4) is 11.5 Å². The molecule has 0 spiro atoms. The van der Waals surface area contributed by atoms with Crippen LogP contribution >= 0.6 is 24.0 Å². The van der Waals surface area contributed by atoms with Crippen molar-refractivity contribution >= 4 is 35.6 Å². The Morgan fingerprint density at radius 2 is 1.85 bits per heavy atom. The van der Waals surface area contributed by atoms with Crippen LogP contribution < -0.4 is 20.5 Å². The molecule has 0 amide bonds. The second kappa shape index (κ2) is 10.3. The second-order valence-corrected chi connectivity index (χ2v) is 6.08. The van der Waals surface area contributed by atoms with Crippen LogP contribution in [0.1, 0.15) is 31.2 Å². The molecule has 3 rings (SSSR count). The van der Waals surface area contributed by atoms with Crippen LogP contribution in [0.5, 0.6) is 11.5 Å². The summed E-state index contributed by atoms with van der Waals surface area (Å²) in [6.45, 7) is 4.17. The lowest BCUT2D eigenvalue weighted by molar-refractivity contribution is 0.297. The Morgan fingerprint density at radius 1 is 1.12 bits per heavy atom. The van der Waals surface area contributed by atoms with Crippen LogP contribution in [0.15, 0.2) is 53.5 Å². The summed E-state index contributed by atoms with van der Waals surface area (Å²) in [6, 6.07) is 16.1. The number of hydrogen-bond donors (Lipinski definition) is 2. The fraction of sp³-hybridized carbons (Fsp3) is 0.350. The first-order chi connectivity index (χ1) is 12.3. The van der Waals surface area contributed by atoms with Gasteiger partial charge < -0.3 is 20.5 Å². The summed E-state index contributed by atoms with van der Waals surface area (Å²) in [5.74, 6) is 2.29. The van der Waals surface area contributed by atoms with E-state index in [4.69, 9.17) is 15.2 Å². The fourth-order valence-corrected chi connectivity index (χ4v) is 2.83. The number of hydrogen-bond acceptors (Lipinski definition) is 3. The van der Waals surface area contributed by atoms with E-state index in [0.29, 0.717) is 31.6 Å². The number of aliphatic imine (C=N–C) groups is 1. The van der Waals surface area contributed by atoms with E-state index in [1.165, 1.54) is 5.56 Å². The van der Waals surface area contributed by atoms with Gasteiger partial charge in [-0.15, -0.1) is 24.0 Å². The van der Waals surface area contributed by atoms with Gasteiger partial charge in [-0.25, -0.2) is 0 Å². The van der Waals surface area contributed by atoms with E-state index in [0.717, 1.165) is 30.0 Å². The lowest BCUT2D eigenvalue weighted by Crippen LogP contribution is -2.23. The minimum Gasteiger partial charge on any atom is -0.490 e. The average Bonchev–Trinajstić information content (AvgIpc) is 2.88. The van der Waals surface area contributed by atoms with Gasteiger partial charge in [0.15, 0.2) is 17.5 Å². The first-order valence-corrected chi connectivity index (χ1v) is 8.78. The van der Waals surface area contributed by atoms with E-state index in [1.54, 1.807) is 0 Å². The summed E-state index contributed by atoms with van der Waals surface area (Å²) >= 11 is 0. The molecule has 2 aromatic rings. The molecule has 26 heavy (non-hydrogen) atoms. The summed E-state index contributed by atoms with van der Waals surface area (Å²) in [5, 5.41) is 3.14. The van der Waals surface area contributed by atoms with Gasteiger partial charge in [0.25, 0.3) is 0 Å². The van der Waals surface area contributed by atoms with Crippen molar-refractivity contribution in [1.82, 2.24) is 0 Å². The number of anilines is 1.